The van der Waals surface area contributed by atoms with Crippen LogP contribution in [0.3, 0.4) is 0 Å². The van der Waals surface area contributed by atoms with Crippen LogP contribution >= 0.6 is 23.8 Å². The van der Waals surface area contributed by atoms with Crippen molar-refractivity contribution >= 4 is 34.6 Å². The Bertz CT molecular complexity index is 793. The first-order valence-electron chi connectivity index (χ1n) is 8.68. The van der Waals surface area contributed by atoms with Gasteiger partial charge in [0.1, 0.15) is 0 Å². The fourth-order valence-corrected chi connectivity index (χ4v) is 3.82. The summed E-state index contributed by atoms with van der Waals surface area (Å²) in [6, 6.07) is 7.40. The van der Waals surface area contributed by atoms with Gasteiger partial charge in [0.25, 0.3) is 0 Å². The maximum atomic E-state index is 13.3. The molecule has 1 heterocycles. The lowest BCUT2D eigenvalue weighted by molar-refractivity contribution is -0.136. The molecule has 8 heteroatoms. The first kappa shape index (κ1) is 19.9. The van der Waals surface area contributed by atoms with Crippen LogP contribution < -0.4 is 5.32 Å². The van der Waals surface area contributed by atoms with Crippen LogP contribution in [0.15, 0.2) is 42.7 Å². The summed E-state index contributed by atoms with van der Waals surface area (Å²) in [4.78, 5) is 6.07. The Balaban J connectivity index is 1.85. The molecule has 3 nitrogen and oxygen atoms in total. The van der Waals surface area contributed by atoms with Gasteiger partial charge in [-0.05, 0) is 54.9 Å². The molecule has 3 rings (SSSR count). The number of aromatic nitrogens is 1. The molecule has 1 fully saturated rings. The summed E-state index contributed by atoms with van der Waals surface area (Å²) in [6.45, 7) is 0.492. The SMILES string of the molecule is FC(F)(F)c1ccc(Cl)cc1NC(=S)N(Cc1cccnc1)C1CCCC1. The van der Waals surface area contributed by atoms with Gasteiger partial charge in [-0.3, -0.25) is 4.98 Å². The van der Waals surface area contributed by atoms with Crippen LogP contribution in [0.1, 0.15) is 36.8 Å². The van der Waals surface area contributed by atoms with Gasteiger partial charge in [-0.2, -0.15) is 13.2 Å². The molecule has 0 unspecified atom stereocenters. The van der Waals surface area contributed by atoms with Crippen LogP contribution in [0.5, 0.6) is 0 Å². The van der Waals surface area contributed by atoms with Gasteiger partial charge in [-0.1, -0.05) is 30.5 Å². The van der Waals surface area contributed by atoms with Crippen LogP contribution in [0.4, 0.5) is 18.9 Å². The van der Waals surface area contributed by atoms with Gasteiger partial charge in [0.05, 0.1) is 11.3 Å². The van der Waals surface area contributed by atoms with Gasteiger partial charge < -0.3 is 10.2 Å². The summed E-state index contributed by atoms with van der Waals surface area (Å²) in [5.74, 6) is 0. The van der Waals surface area contributed by atoms with E-state index in [0.29, 0.717) is 6.54 Å². The molecule has 1 aliphatic carbocycles. The molecule has 0 bridgehead atoms. The van der Waals surface area contributed by atoms with Gasteiger partial charge in [-0.25, -0.2) is 0 Å². The Kier molecular flexibility index (Phi) is 6.22. The first-order valence-corrected chi connectivity index (χ1v) is 9.46. The summed E-state index contributed by atoms with van der Waals surface area (Å²) in [5.41, 5.74) is 0.0341. The molecule has 144 valence electrons. The molecule has 0 aliphatic heterocycles. The van der Waals surface area contributed by atoms with Crippen molar-refractivity contribution in [2.75, 3.05) is 5.32 Å². The second-order valence-electron chi connectivity index (χ2n) is 6.55. The molecule has 1 aromatic carbocycles. The highest BCUT2D eigenvalue weighted by atomic mass is 35.5. The number of anilines is 1. The van der Waals surface area contributed by atoms with Gasteiger partial charge >= 0.3 is 6.18 Å². The number of thiocarbonyl (C=S) groups is 1. The molecule has 0 radical (unpaired) electrons. The number of halogens is 4. The average molecular weight is 414 g/mol. The Morgan fingerprint density at radius 2 is 2.00 bits per heavy atom. The zero-order valence-corrected chi connectivity index (χ0v) is 16.0. The topological polar surface area (TPSA) is 28.2 Å². The van der Waals surface area contributed by atoms with E-state index >= 15 is 0 Å². The van der Waals surface area contributed by atoms with E-state index in [-0.39, 0.29) is 21.9 Å². The fourth-order valence-electron chi connectivity index (χ4n) is 3.33. The second kappa shape index (κ2) is 8.44. The van der Waals surface area contributed by atoms with Crippen molar-refractivity contribution in [1.82, 2.24) is 9.88 Å². The van der Waals surface area contributed by atoms with Crippen LogP contribution in [0, 0.1) is 0 Å². The molecule has 1 aromatic heterocycles. The molecular weight excluding hydrogens is 395 g/mol. The fraction of sp³-hybridized carbons (Fsp3) is 0.368. The predicted molar refractivity (Wildman–Crippen MR) is 105 cm³/mol. The summed E-state index contributed by atoms with van der Waals surface area (Å²) in [5, 5.41) is 3.27. The van der Waals surface area contributed by atoms with Crippen molar-refractivity contribution in [2.24, 2.45) is 0 Å². The lowest BCUT2D eigenvalue weighted by atomic mass is 10.1. The van der Waals surface area contributed by atoms with Gasteiger partial charge in [-0.15, -0.1) is 0 Å². The summed E-state index contributed by atoms with van der Waals surface area (Å²) in [7, 11) is 0. The number of hydrogen-bond acceptors (Lipinski definition) is 2. The third kappa shape index (κ3) is 5.11. The number of rotatable bonds is 4. The Labute approximate surface area is 166 Å². The minimum absolute atomic E-state index is 0.130. The van der Waals surface area contributed by atoms with E-state index in [1.165, 1.54) is 12.1 Å². The number of pyridine rings is 1. The highest BCUT2D eigenvalue weighted by Gasteiger charge is 2.34. The molecular formula is C19H19ClF3N3S. The zero-order chi connectivity index (χ0) is 19.4. The maximum Gasteiger partial charge on any atom is 0.418 e. The smallest absolute Gasteiger partial charge is 0.342 e. The van der Waals surface area contributed by atoms with Crippen LogP contribution in [0.2, 0.25) is 5.02 Å². The highest BCUT2D eigenvalue weighted by Crippen LogP contribution is 2.36. The predicted octanol–water partition coefficient (Wildman–Crippen LogP) is 5.90. The molecule has 0 spiro atoms. The van der Waals surface area contributed by atoms with Crippen molar-refractivity contribution < 1.29 is 13.2 Å². The minimum atomic E-state index is -4.50. The van der Waals surface area contributed by atoms with E-state index in [9.17, 15) is 13.2 Å². The zero-order valence-electron chi connectivity index (χ0n) is 14.5. The third-order valence-electron chi connectivity index (χ3n) is 4.63. The number of hydrogen-bond donors (Lipinski definition) is 1. The van der Waals surface area contributed by atoms with Gasteiger partial charge in [0.15, 0.2) is 5.11 Å². The van der Waals surface area contributed by atoms with E-state index in [1.54, 1.807) is 12.4 Å². The van der Waals surface area contributed by atoms with Crippen molar-refractivity contribution in [3.05, 3.63) is 58.9 Å². The van der Waals surface area contributed by atoms with Gasteiger partial charge in [0.2, 0.25) is 0 Å². The van der Waals surface area contributed by atoms with E-state index < -0.39 is 11.7 Å². The van der Waals surface area contributed by atoms with Gasteiger partial charge in [0, 0.05) is 30.0 Å². The Morgan fingerprint density at radius 1 is 1.26 bits per heavy atom. The van der Waals surface area contributed by atoms with E-state index in [0.717, 1.165) is 37.3 Å². The molecule has 1 aliphatic rings. The van der Waals surface area contributed by atoms with Crippen molar-refractivity contribution in [2.45, 2.75) is 44.4 Å². The van der Waals surface area contributed by atoms with Crippen molar-refractivity contribution in [1.29, 1.82) is 0 Å². The van der Waals surface area contributed by atoms with Crippen molar-refractivity contribution in [3.63, 3.8) is 0 Å². The standard InChI is InChI=1S/C19H19ClF3N3S/c20-14-7-8-16(19(21,22)23)17(10-14)25-18(27)26(15-5-1-2-6-15)12-13-4-3-9-24-11-13/h3-4,7-11,15H,1-2,5-6,12H2,(H,25,27). The number of alkyl halides is 3. The second-order valence-corrected chi connectivity index (χ2v) is 7.37. The largest absolute Gasteiger partial charge is 0.418 e. The van der Waals surface area contributed by atoms with Crippen LogP contribution in [-0.4, -0.2) is 21.0 Å². The number of nitrogens with zero attached hydrogens (tertiary/aromatic N) is 2. The minimum Gasteiger partial charge on any atom is -0.342 e. The molecule has 0 amide bonds. The number of nitrogens with one attached hydrogen (secondary N) is 1. The normalized spacial score (nSPS) is 15.0. The third-order valence-corrected chi connectivity index (χ3v) is 5.20. The quantitative estimate of drug-likeness (QED) is 0.632. The molecule has 0 atom stereocenters. The molecule has 1 N–H and O–H groups in total. The first-order chi connectivity index (χ1) is 12.8. The monoisotopic (exact) mass is 413 g/mol. The summed E-state index contributed by atoms with van der Waals surface area (Å²) < 4.78 is 40.0. The molecule has 27 heavy (non-hydrogen) atoms. The van der Waals surface area contributed by atoms with E-state index in [1.807, 2.05) is 17.0 Å². The maximum absolute atomic E-state index is 13.3. The lowest BCUT2D eigenvalue weighted by Gasteiger charge is -2.32. The summed E-state index contributed by atoms with van der Waals surface area (Å²) in [6.07, 6.45) is 3.02. The highest BCUT2D eigenvalue weighted by molar-refractivity contribution is 7.80. The van der Waals surface area contributed by atoms with E-state index in [2.05, 4.69) is 10.3 Å². The van der Waals surface area contributed by atoms with E-state index in [4.69, 9.17) is 23.8 Å². The van der Waals surface area contributed by atoms with Crippen LogP contribution in [0.25, 0.3) is 0 Å². The molecule has 0 saturated heterocycles. The molecule has 1 saturated carbocycles. The Morgan fingerprint density at radius 3 is 2.63 bits per heavy atom. The molecule has 2 aromatic rings. The average Bonchev–Trinajstić information content (AvgIpc) is 3.13. The van der Waals surface area contributed by atoms with Crippen LogP contribution in [-0.2, 0) is 12.7 Å². The lowest BCUT2D eigenvalue weighted by Crippen LogP contribution is -2.41. The van der Waals surface area contributed by atoms with Crippen molar-refractivity contribution in [3.8, 4) is 0 Å². The Hall–Kier alpha value is -1.86. The number of benzene rings is 1. The summed E-state index contributed by atoms with van der Waals surface area (Å²) >= 11 is 11.4.